The van der Waals surface area contributed by atoms with Gasteiger partial charge in [0.25, 0.3) is 0 Å². The molecule has 0 fully saturated rings. The van der Waals surface area contributed by atoms with E-state index in [0.717, 1.165) is 0 Å². The Morgan fingerprint density at radius 2 is 1.38 bits per heavy atom. The number of methoxy groups -OCH3 is 1. The fraction of sp³-hybridized carbons (Fsp3) is 0.250. The summed E-state index contributed by atoms with van der Waals surface area (Å²) in [6.07, 6.45) is -5.30. The lowest BCUT2D eigenvalue weighted by Crippen LogP contribution is -2.15. The first kappa shape index (κ1) is 15.4. The van der Waals surface area contributed by atoms with Crippen LogP contribution in [0.2, 0.25) is 0 Å². The predicted octanol–water partition coefficient (Wildman–Crippen LogP) is 4.92. The van der Waals surface area contributed by atoms with Crippen molar-refractivity contribution in [1.29, 1.82) is 0 Å². The molecule has 0 amide bonds. The highest BCUT2D eigenvalue weighted by molar-refractivity contribution is 5.36. The van der Waals surface area contributed by atoms with Crippen LogP contribution < -0.4 is 4.74 Å². The van der Waals surface area contributed by atoms with Gasteiger partial charge in [-0.3, -0.25) is 0 Å². The van der Waals surface area contributed by atoms with Crippen molar-refractivity contribution in [3.05, 3.63) is 65.5 Å². The summed E-state index contributed by atoms with van der Waals surface area (Å²) in [5.41, 5.74) is 0.943. The van der Waals surface area contributed by atoms with E-state index in [1.807, 2.05) is 0 Å². The van der Waals surface area contributed by atoms with E-state index < -0.39 is 24.3 Å². The highest BCUT2D eigenvalue weighted by Crippen LogP contribution is 2.36. The first-order valence-corrected chi connectivity index (χ1v) is 6.35. The minimum absolute atomic E-state index is 0.430. The Morgan fingerprint density at radius 3 is 1.81 bits per heavy atom. The van der Waals surface area contributed by atoms with Crippen molar-refractivity contribution in [2.24, 2.45) is 0 Å². The molecule has 2 aromatic rings. The van der Waals surface area contributed by atoms with Crippen molar-refractivity contribution in [2.45, 2.75) is 18.5 Å². The van der Waals surface area contributed by atoms with Crippen molar-refractivity contribution in [2.75, 3.05) is 7.11 Å². The predicted molar refractivity (Wildman–Crippen MR) is 71.9 cm³/mol. The highest BCUT2D eigenvalue weighted by Gasteiger charge is 2.33. The number of ether oxygens (including phenoxy) is 1. The summed E-state index contributed by atoms with van der Waals surface area (Å²) >= 11 is 0. The van der Waals surface area contributed by atoms with Gasteiger partial charge in [0.1, 0.15) is 11.6 Å². The molecule has 0 aromatic heterocycles. The zero-order valence-corrected chi connectivity index (χ0v) is 11.3. The molecule has 0 aliphatic carbocycles. The van der Waals surface area contributed by atoms with E-state index in [1.54, 1.807) is 24.3 Å². The third-order valence-electron chi connectivity index (χ3n) is 3.23. The van der Waals surface area contributed by atoms with Crippen molar-refractivity contribution in [3.8, 4) is 5.75 Å². The minimum Gasteiger partial charge on any atom is -0.497 e. The standard InChI is InChI=1S/C16H14F4O/c1-21-14-8-4-12(5-9-14)15(10-16(18,19)20)11-2-6-13(17)7-3-11/h2-9,15H,10H2,1H3. The lowest BCUT2D eigenvalue weighted by atomic mass is 9.88. The lowest BCUT2D eigenvalue weighted by molar-refractivity contribution is -0.136. The summed E-state index contributed by atoms with van der Waals surface area (Å²) in [5, 5.41) is 0. The van der Waals surface area contributed by atoms with E-state index in [9.17, 15) is 17.6 Å². The van der Waals surface area contributed by atoms with E-state index in [2.05, 4.69) is 0 Å². The second-order valence-corrected chi connectivity index (χ2v) is 4.70. The normalized spacial score (nSPS) is 13.0. The summed E-state index contributed by atoms with van der Waals surface area (Å²) in [4.78, 5) is 0. The molecule has 0 bridgehead atoms. The van der Waals surface area contributed by atoms with Crippen LogP contribution >= 0.6 is 0 Å². The molecule has 5 heteroatoms. The number of hydrogen-bond donors (Lipinski definition) is 0. The first-order chi connectivity index (χ1) is 9.89. The van der Waals surface area contributed by atoms with Crippen LogP contribution in [0.5, 0.6) is 5.75 Å². The van der Waals surface area contributed by atoms with Gasteiger partial charge in [0.2, 0.25) is 0 Å². The van der Waals surface area contributed by atoms with Gasteiger partial charge in [-0.1, -0.05) is 24.3 Å². The quantitative estimate of drug-likeness (QED) is 0.728. The summed E-state index contributed by atoms with van der Waals surface area (Å²) in [7, 11) is 1.49. The smallest absolute Gasteiger partial charge is 0.390 e. The molecule has 0 spiro atoms. The number of benzene rings is 2. The van der Waals surface area contributed by atoms with E-state index in [1.165, 1.54) is 31.4 Å². The Morgan fingerprint density at radius 1 is 0.905 bits per heavy atom. The van der Waals surface area contributed by atoms with E-state index in [4.69, 9.17) is 4.74 Å². The van der Waals surface area contributed by atoms with Crippen LogP contribution in [0.25, 0.3) is 0 Å². The van der Waals surface area contributed by atoms with Gasteiger partial charge >= 0.3 is 6.18 Å². The minimum atomic E-state index is -4.31. The maximum absolute atomic E-state index is 13.0. The van der Waals surface area contributed by atoms with Crippen LogP contribution in [0.15, 0.2) is 48.5 Å². The van der Waals surface area contributed by atoms with Gasteiger partial charge in [0.05, 0.1) is 13.5 Å². The summed E-state index contributed by atoms with van der Waals surface area (Å²) in [5.74, 6) is -0.764. The third kappa shape index (κ3) is 4.21. The summed E-state index contributed by atoms with van der Waals surface area (Å²) < 4.78 is 56.4. The maximum Gasteiger partial charge on any atom is 0.390 e. The van der Waals surface area contributed by atoms with Crippen LogP contribution in [-0.2, 0) is 0 Å². The largest absolute Gasteiger partial charge is 0.497 e. The monoisotopic (exact) mass is 298 g/mol. The first-order valence-electron chi connectivity index (χ1n) is 6.35. The van der Waals surface area contributed by atoms with Gasteiger partial charge in [-0.05, 0) is 35.4 Å². The van der Waals surface area contributed by atoms with Crippen molar-refractivity contribution in [1.82, 2.24) is 0 Å². The van der Waals surface area contributed by atoms with E-state index in [0.29, 0.717) is 16.9 Å². The number of alkyl halides is 3. The molecule has 0 saturated carbocycles. The van der Waals surface area contributed by atoms with Crippen LogP contribution in [0.1, 0.15) is 23.5 Å². The van der Waals surface area contributed by atoms with Crippen LogP contribution in [-0.4, -0.2) is 13.3 Å². The van der Waals surface area contributed by atoms with Crippen molar-refractivity contribution >= 4 is 0 Å². The molecule has 112 valence electrons. The number of rotatable bonds is 4. The van der Waals surface area contributed by atoms with Gasteiger partial charge in [0.15, 0.2) is 0 Å². The Labute approximate surface area is 120 Å². The number of hydrogen-bond acceptors (Lipinski definition) is 1. The van der Waals surface area contributed by atoms with Gasteiger partial charge < -0.3 is 4.74 Å². The average Bonchev–Trinajstić information content (AvgIpc) is 2.45. The van der Waals surface area contributed by atoms with E-state index >= 15 is 0 Å². The molecule has 0 aliphatic heterocycles. The molecule has 21 heavy (non-hydrogen) atoms. The molecule has 1 nitrogen and oxygen atoms in total. The molecule has 2 rings (SSSR count). The molecule has 1 atom stereocenters. The SMILES string of the molecule is COc1ccc(C(CC(F)(F)F)c2ccc(F)cc2)cc1. The van der Waals surface area contributed by atoms with Gasteiger partial charge in [-0.2, -0.15) is 13.2 Å². The Bertz CT molecular complexity index is 573. The van der Waals surface area contributed by atoms with Gasteiger partial charge in [-0.25, -0.2) is 4.39 Å². The van der Waals surface area contributed by atoms with Crippen molar-refractivity contribution in [3.63, 3.8) is 0 Å². The summed E-state index contributed by atoms with van der Waals surface area (Å²) in [6, 6.07) is 11.5. The molecule has 0 radical (unpaired) electrons. The fourth-order valence-electron chi connectivity index (χ4n) is 2.19. The topological polar surface area (TPSA) is 9.23 Å². The maximum atomic E-state index is 13.0. The van der Waals surface area contributed by atoms with Crippen LogP contribution in [0, 0.1) is 5.82 Å². The average molecular weight is 298 g/mol. The number of halogens is 4. The molecular weight excluding hydrogens is 284 g/mol. The molecule has 2 aromatic carbocycles. The molecular formula is C16H14F4O. The highest BCUT2D eigenvalue weighted by atomic mass is 19.4. The Kier molecular flexibility index (Phi) is 4.50. The fourth-order valence-corrected chi connectivity index (χ4v) is 2.19. The molecule has 1 unspecified atom stereocenters. The second kappa shape index (κ2) is 6.16. The Balaban J connectivity index is 2.37. The summed E-state index contributed by atoms with van der Waals surface area (Å²) in [6.45, 7) is 0. The molecule has 0 heterocycles. The van der Waals surface area contributed by atoms with Crippen molar-refractivity contribution < 1.29 is 22.3 Å². The molecule has 0 aliphatic rings. The van der Waals surface area contributed by atoms with Crippen LogP contribution in [0.4, 0.5) is 17.6 Å². The van der Waals surface area contributed by atoms with E-state index in [-0.39, 0.29) is 0 Å². The second-order valence-electron chi connectivity index (χ2n) is 4.70. The third-order valence-corrected chi connectivity index (χ3v) is 3.23. The van der Waals surface area contributed by atoms with Gasteiger partial charge in [-0.15, -0.1) is 0 Å². The zero-order valence-electron chi connectivity index (χ0n) is 11.3. The molecule has 0 saturated heterocycles. The Hall–Kier alpha value is -2.04. The van der Waals surface area contributed by atoms with Crippen LogP contribution in [0.3, 0.4) is 0 Å². The lowest BCUT2D eigenvalue weighted by Gasteiger charge is -2.20. The zero-order chi connectivity index (χ0) is 15.5. The molecule has 0 N–H and O–H groups in total. The van der Waals surface area contributed by atoms with Gasteiger partial charge in [0, 0.05) is 5.92 Å².